The molecule has 1 N–H and O–H groups in total. The lowest BCUT2D eigenvalue weighted by Crippen LogP contribution is -2.21. The van der Waals surface area contributed by atoms with Crippen molar-refractivity contribution in [2.45, 2.75) is 46.1 Å². The lowest BCUT2D eigenvalue weighted by molar-refractivity contribution is 0.662. The first-order chi connectivity index (χ1) is 8.69. The lowest BCUT2D eigenvalue weighted by atomic mass is 9.99. The summed E-state index contributed by atoms with van der Waals surface area (Å²) >= 11 is 0. The van der Waals surface area contributed by atoms with Gasteiger partial charge in [-0.3, -0.25) is 0 Å². The third-order valence-corrected chi connectivity index (χ3v) is 3.65. The van der Waals surface area contributed by atoms with Crippen molar-refractivity contribution in [3.8, 4) is 0 Å². The van der Waals surface area contributed by atoms with E-state index in [-0.39, 0.29) is 0 Å². The molecule has 1 saturated carbocycles. The second kappa shape index (κ2) is 6.19. The third kappa shape index (κ3) is 3.99. The van der Waals surface area contributed by atoms with E-state index < -0.39 is 0 Å². The maximum Gasteiger partial charge on any atom is 0.0173 e. The fourth-order valence-corrected chi connectivity index (χ4v) is 2.04. The van der Waals surface area contributed by atoms with Crippen LogP contribution in [-0.2, 0) is 6.42 Å². The van der Waals surface area contributed by atoms with E-state index in [1.165, 1.54) is 29.5 Å². The topological polar surface area (TPSA) is 12.0 Å². The van der Waals surface area contributed by atoms with Gasteiger partial charge < -0.3 is 5.32 Å². The van der Waals surface area contributed by atoms with Crippen LogP contribution in [0.1, 0.15) is 44.7 Å². The summed E-state index contributed by atoms with van der Waals surface area (Å²) in [4.78, 5) is 0. The summed E-state index contributed by atoms with van der Waals surface area (Å²) in [5.41, 5.74) is 4.24. The summed E-state index contributed by atoms with van der Waals surface area (Å²) < 4.78 is 0. The van der Waals surface area contributed by atoms with Crippen LogP contribution < -0.4 is 5.32 Å². The van der Waals surface area contributed by atoms with E-state index in [1.54, 1.807) is 0 Å². The smallest absolute Gasteiger partial charge is 0.0173 e. The maximum absolute atomic E-state index is 3.61. The van der Waals surface area contributed by atoms with Crippen molar-refractivity contribution in [1.29, 1.82) is 0 Å². The van der Waals surface area contributed by atoms with E-state index in [1.807, 2.05) is 0 Å². The van der Waals surface area contributed by atoms with Crippen molar-refractivity contribution in [3.63, 3.8) is 0 Å². The van der Waals surface area contributed by atoms with Gasteiger partial charge in [-0.25, -0.2) is 0 Å². The number of aryl methyl sites for hydroxylation is 1. The van der Waals surface area contributed by atoms with E-state index in [4.69, 9.17) is 0 Å². The molecule has 2 rings (SSSR count). The minimum Gasteiger partial charge on any atom is -0.310 e. The molecule has 18 heavy (non-hydrogen) atoms. The van der Waals surface area contributed by atoms with Gasteiger partial charge in [0.05, 0.1) is 0 Å². The molecule has 1 nitrogen and oxygen atoms in total. The van der Waals surface area contributed by atoms with Crippen LogP contribution in [0, 0.1) is 5.92 Å². The highest BCUT2D eigenvalue weighted by atomic mass is 14.9. The quantitative estimate of drug-likeness (QED) is 0.795. The first-order valence-corrected chi connectivity index (χ1v) is 7.22. The second-order valence-electron chi connectivity index (χ2n) is 5.62. The van der Waals surface area contributed by atoms with Crippen LogP contribution in [0.3, 0.4) is 0 Å². The molecule has 0 amide bonds. The van der Waals surface area contributed by atoms with Gasteiger partial charge in [-0.05, 0) is 36.3 Å². The van der Waals surface area contributed by atoms with Gasteiger partial charge in [-0.2, -0.15) is 0 Å². The van der Waals surface area contributed by atoms with Crippen LogP contribution >= 0.6 is 0 Å². The molecule has 1 heteroatoms. The molecule has 98 valence electrons. The SMILES string of the molecule is CCc1ccc(C=C(CNC2CC2)C(C)C)cc1. The molecular weight excluding hydrogens is 218 g/mol. The van der Waals surface area contributed by atoms with Crippen molar-refractivity contribution < 1.29 is 0 Å². The summed E-state index contributed by atoms with van der Waals surface area (Å²) in [5, 5.41) is 3.61. The Bertz CT molecular complexity index is 396. The van der Waals surface area contributed by atoms with E-state index >= 15 is 0 Å². The predicted octanol–water partition coefficient (Wildman–Crippen LogP) is 4.04. The Hall–Kier alpha value is -1.08. The Morgan fingerprint density at radius 1 is 1.28 bits per heavy atom. The van der Waals surface area contributed by atoms with Gasteiger partial charge >= 0.3 is 0 Å². The average Bonchev–Trinajstić information content (AvgIpc) is 3.19. The van der Waals surface area contributed by atoms with E-state index in [2.05, 4.69) is 56.4 Å². The molecule has 1 aliphatic carbocycles. The zero-order valence-corrected chi connectivity index (χ0v) is 11.9. The fourth-order valence-electron chi connectivity index (χ4n) is 2.04. The summed E-state index contributed by atoms with van der Waals surface area (Å²) in [6.45, 7) is 7.80. The maximum atomic E-state index is 3.61. The molecule has 0 heterocycles. The minimum absolute atomic E-state index is 0.613. The molecule has 0 atom stereocenters. The van der Waals surface area contributed by atoms with Gasteiger partial charge in [0.25, 0.3) is 0 Å². The number of benzene rings is 1. The second-order valence-corrected chi connectivity index (χ2v) is 5.62. The minimum atomic E-state index is 0.613. The summed E-state index contributed by atoms with van der Waals surface area (Å²) in [7, 11) is 0. The first kappa shape index (κ1) is 13.4. The Balaban J connectivity index is 2.04. The monoisotopic (exact) mass is 243 g/mol. The van der Waals surface area contributed by atoms with Gasteiger partial charge in [-0.1, -0.05) is 56.7 Å². The molecule has 1 aliphatic rings. The van der Waals surface area contributed by atoms with E-state index in [0.717, 1.165) is 19.0 Å². The first-order valence-electron chi connectivity index (χ1n) is 7.22. The van der Waals surface area contributed by atoms with Crippen LogP contribution in [0.15, 0.2) is 29.8 Å². The number of hydrogen-bond donors (Lipinski definition) is 1. The van der Waals surface area contributed by atoms with Crippen LogP contribution in [0.2, 0.25) is 0 Å². The van der Waals surface area contributed by atoms with Crippen LogP contribution in [0.5, 0.6) is 0 Å². The van der Waals surface area contributed by atoms with Crippen LogP contribution in [0.4, 0.5) is 0 Å². The largest absolute Gasteiger partial charge is 0.310 e. The van der Waals surface area contributed by atoms with Gasteiger partial charge in [0.15, 0.2) is 0 Å². The fraction of sp³-hybridized carbons (Fsp3) is 0.529. The molecule has 0 spiro atoms. The number of hydrogen-bond acceptors (Lipinski definition) is 1. The third-order valence-electron chi connectivity index (χ3n) is 3.65. The van der Waals surface area contributed by atoms with Crippen molar-refractivity contribution in [1.82, 2.24) is 5.32 Å². The van der Waals surface area contributed by atoms with Gasteiger partial charge in [0.2, 0.25) is 0 Å². The summed E-state index contributed by atoms with van der Waals surface area (Å²) in [5.74, 6) is 0.613. The normalized spacial score (nSPS) is 16.3. The Morgan fingerprint density at radius 3 is 2.44 bits per heavy atom. The molecule has 1 aromatic rings. The highest BCUT2D eigenvalue weighted by Crippen LogP contribution is 2.21. The van der Waals surface area contributed by atoms with E-state index in [0.29, 0.717) is 5.92 Å². The molecular formula is C17H25N. The standard InChI is InChI=1S/C17H25N/c1-4-14-5-7-15(8-6-14)11-16(13(2)3)12-18-17-9-10-17/h5-8,11,13,17-18H,4,9-10,12H2,1-3H3. The summed E-state index contributed by atoms with van der Waals surface area (Å²) in [6, 6.07) is 9.72. The van der Waals surface area contributed by atoms with Gasteiger partial charge in [0.1, 0.15) is 0 Å². The highest BCUT2D eigenvalue weighted by molar-refractivity contribution is 5.54. The van der Waals surface area contributed by atoms with Gasteiger partial charge in [0, 0.05) is 12.6 Å². The van der Waals surface area contributed by atoms with Crippen molar-refractivity contribution in [3.05, 3.63) is 41.0 Å². The van der Waals surface area contributed by atoms with Crippen molar-refractivity contribution in [2.75, 3.05) is 6.54 Å². The molecule has 1 fully saturated rings. The summed E-state index contributed by atoms with van der Waals surface area (Å²) in [6.07, 6.45) is 6.18. The van der Waals surface area contributed by atoms with Crippen molar-refractivity contribution in [2.24, 2.45) is 5.92 Å². The average molecular weight is 243 g/mol. The zero-order valence-electron chi connectivity index (χ0n) is 11.9. The van der Waals surface area contributed by atoms with Crippen LogP contribution in [-0.4, -0.2) is 12.6 Å². The molecule has 1 aromatic carbocycles. The Morgan fingerprint density at radius 2 is 1.94 bits per heavy atom. The zero-order chi connectivity index (χ0) is 13.0. The Kier molecular flexibility index (Phi) is 4.60. The number of rotatable bonds is 6. The van der Waals surface area contributed by atoms with Gasteiger partial charge in [-0.15, -0.1) is 0 Å². The molecule has 0 radical (unpaired) electrons. The Labute approximate surface area is 111 Å². The molecule has 0 bridgehead atoms. The van der Waals surface area contributed by atoms with E-state index in [9.17, 15) is 0 Å². The lowest BCUT2D eigenvalue weighted by Gasteiger charge is -2.12. The number of nitrogens with one attached hydrogen (secondary N) is 1. The molecule has 0 aliphatic heterocycles. The van der Waals surface area contributed by atoms with Crippen LogP contribution in [0.25, 0.3) is 6.08 Å². The molecule has 0 saturated heterocycles. The predicted molar refractivity (Wildman–Crippen MR) is 79.7 cm³/mol. The molecule has 0 unspecified atom stereocenters. The molecule has 0 aromatic heterocycles. The van der Waals surface area contributed by atoms with Crippen molar-refractivity contribution >= 4 is 6.08 Å². The highest BCUT2D eigenvalue weighted by Gasteiger charge is 2.20.